The molecule has 0 saturated carbocycles. The van der Waals surface area contributed by atoms with Gasteiger partial charge in [-0.05, 0) is 23.6 Å². The molecule has 3 heterocycles. The number of amides is 1. The van der Waals surface area contributed by atoms with E-state index in [-0.39, 0.29) is 30.4 Å². The molecule has 2 aliphatic heterocycles. The Kier molecular flexibility index (Phi) is 4.15. The minimum absolute atomic E-state index is 0.00799. The summed E-state index contributed by atoms with van der Waals surface area (Å²) in [7, 11) is 0. The van der Waals surface area contributed by atoms with Crippen LogP contribution in [0.5, 0.6) is 0 Å². The van der Waals surface area contributed by atoms with Gasteiger partial charge in [-0.15, -0.1) is 11.3 Å². The Morgan fingerprint density at radius 2 is 2.21 bits per heavy atom. The number of rotatable bonds is 3. The van der Waals surface area contributed by atoms with Crippen LogP contribution in [0.25, 0.3) is 0 Å². The van der Waals surface area contributed by atoms with E-state index >= 15 is 0 Å². The number of hydrogen-bond donors (Lipinski definition) is 1. The number of carbonyl (C=O) groups excluding carboxylic acids is 1. The third-order valence-corrected chi connectivity index (χ3v) is 5.80. The zero-order valence-corrected chi connectivity index (χ0v) is 15.1. The number of thiophene rings is 1. The second-order valence-electron chi connectivity index (χ2n) is 5.86. The first kappa shape index (κ1) is 15.8. The number of hydrazine groups is 1. The molecule has 1 aromatic carbocycles. The van der Waals surface area contributed by atoms with E-state index < -0.39 is 0 Å². The minimum atomic E-state index is -0.311. The van der Waals surface area contributed by atoms with Crippen LogP contribution in [0.4, 0.5) is 4.39 Å². The summed E-state index contributed by atoms with van der Waals surface area (Å²) in [4.78, 5) is 15.6. The maximum atomic E-state index is 14.0. The summed E-state index contributed by atoms with van der Waals surface area (Å²) in [6, 6.07) is 8.89. The molecule has 2 aliphatic rings. The summed E-state index contributed by atoms with van der Waals surface area (Å²) in [5.74, 6) is -0.319. The average molecular weight is 408 g/mol. The predicted octanol–water partition coefficient (Wildman–Crippen LogP) is 3.78. The fourth-order valence-electron chi connectivity index (χ4n) is 3.08. The Morgan fingerprint density at radius 1 is 1.33 bits per heavy atom. The van der Waals surface area contributed by atoms with E-state index in [2.05, 4.69) is 27.4 Å². The molecule has 2 aromatic rings. The van der Waals surface area contributed by atoms with Crippen molar-refractivity contribution in [3.05, 3.63) is 68.8 Å². The minimum Gasteiger partial charge on any atom is -0.311 e. The van der Waals surface area contributed by atoms with Crippen molar-refractivity contribution in [3.63, 3.8) is 0 Å². The maximum absolute atomic E-state index is 14.0. The van der Waals surface area contributed by atoms with Gasteiger partial charge in [-0.3, -0.25) is 4.79 Å². The number of halogens is 2. The number of nitrogens with zero attached hydrogens (tertiary/aromatic N) is 2. The molecule has 4 rings (SSSR count). The van der Waals surface area contributed by atoms with Crippen LogP contribution >= 0.6 is 27.3 Å². The first-order valence-corrected chi connectivity index (χ1v) is 9.30. The maximum Gasteiger partial charge on any atom is 0.251 e. The molecule has 1 aromatic heterocycles. The Balaban J connectivity index is 1.50. The SMILES string of the molecule is O=C1C2CC(c3cccs3)NN2C=CN1Cc1ccc(Br)cc1F. The molecule has 0 aliphatic carbocycles. The molecule has 124 valence electrons. The van der Waals surface area contributed by atoms with Crippen LogP contribution in [0.1, 0.15) is 22.9 Å². The summed E-state index contributed by atoms with van der Waals surface area (Å²) >= 11 is 4.93. The molecule has 2 unspecified atom stereocenters. The summed E-state index contributed by atoms with van der Waals surface area (Å²) in [6.45, 7) is 0.239. The Hall–Kier alpha value is -1.70. The predicted molar refractivity (Wildman–Crippen MR) is 94.2 cm³/mol. The normalized spacial score (nSPS) is 23.0. The van der Waals surface area contributed by atoms with Gasteiger partial charge in [0.05, 0.1) is 12.6 Å². The first-order chi connectivity index (χ1) is 11.6. The Morgan fingerprint density at radius 3 is 2.96 bits per heavy atom. The summed E-state index contributed by atoms with van der Waals surface area (Å²) < 4.78 is 14.7. The second-order valence-corrected chi connectivity index (χ2v) is 7.75. The van der Waals surface area contributed by atoms with E-state index in [1.54, 1.807) is 34.6 Å². The van der Waals surface area contributed by atoms with Crippen LogP contribution in [-0.4, -0.2) is 21.9 Å². The summed E-state index contributed by atoms with van der Waals surface area (Å²) in [5.41, 5.74) is 3.86. The molecular weight excluding hydrogens is 393 g/mol. The Labute approximate surface area is 151 Å². The quantitative estimate of drug-likeness (QED) is 0.840. The zero-order valence-electron chi connectivity index (χ0n) is 12.7. The van der Waals surface area contributed by atoms with Crippen LogP contribution in [0.15, 0.2) is 52.6 Å². The third-order valence-electron chi connectivity index (χ3n) is 4.32. The first-order valence-electron chi connectivity index (χ1n) is 7.62. The molecule has 2 atom stereocenters. The highest BCUT2D eigenvalue weighted by molar-refractivity contribution is 9.10. The topological polar surface area (TPSA) is 35.6 Å². The van der Waals surface area contributed by atoms with Crippen molar-refractivity contribution in [2.75, 3.05) is 0 Å². The van der Waals surface area contributed by atoms with Gasteiger partial charge in [0.1, 0.15) is 11.9 Å². The standard InChI is InChI=1S/C17H15BrFN3OS/c18-12-4-3-11(13(19)8-12)10-21-5-6-22-15(17(21)23)9-14(20-22)16-2-1-7-24-16/h1-8,14-15,20H,9-10H2. The lowest BCUT2D eigenvalue weighted by Gasteiger charge is -2.31. The molecule has 1 saturated heterocycles. The molecule has 4 nitrogen and oxygen atoms in total. The summed E-state index contributed by atoms with van der Waals surface area (Å²) in [6.07, 6.45) is 4.28. The monoisotopic (exact) mass is 407 g/mol. The van der Waals surface area contributed by atoms with Crippen LogP contribution in [0, 0.1) is 5.82 Å². The van der Waals surface area contributed by atoms with E-state index in [9.17, 15) is 9.18 Å². The molecule has 1 fully saturated rings. The summed E-state index contributed by atoms with van der Waals surface area (Å²) in [5, 5.41) is 3.90. The molecule has 0 spiro atoms. The van der Waals surface area contributed by atoms with E-state index in [1.807, 2.05) is 22.7 Å². The molecule has 24 heavy (non-hydrogen) atoms. The van der Waals surface area contributed by atoms with Gasteiger partial charge >= 0.3 is 0 Å². The van der Waals surface area contributed by atoms with Gasteiger partial charge in [0.2, 0.25) is 0 Å². The van der Waals surface area contributed by atoms with Crippen LogP contribution in [-0.2, 0) is 11.3 Å². The lowest BCUT2D eigenvalue weighted by Crippen LogP contribution is -2.47. The van der Waals surface area contributed by atoms with Crippen molar-refractivity contribution in [3.8, 4) is 0 Å². The highest BCUT2D eigenvalue weighted by Crippen LogP contribution is 2.33. The van der Waals surface area contributed by atoms with E-state index in [4.69, 9.17) is 0 Å². The van der Waals surface area contributed by atoms with Gasteiger partial charge < -0.3 is 9.91 Å². The molecule has 0 bridgehead atoms. The van der Waals surface area contributed by atoms with Crippen molar-refractivity contribution in [2.24, 2.45) is 0 Å². The van der Waals surface area contributed by atoms with Gasteiger partial charge in [0, 0.05) is 33.7 Å². The lowest BCUT2D eigenvalue weighted by molar-refractivity contribution is -0.135. The number of carbonyl (C=O) groups is 1. The van der Waals surface area contributed by atoms with Crippen molar-refractivity contribution in [1.82, 2.24) is 15.3 Å². The van der Waals surface area contributed by atoms with Gasteiger partial charge in [-0.2, -0.15) is 0 Å². The fourth-order valence-corrected chi connectivity index (χ4v) is 4.19. The largest absolute Gasteiger partial charge is 0.311 e. The van der Waals surface area contributed by atoms with Crippen molar-refractivity contribution >= 4 is 33.2 Å². The van der Waals surface area contributed by atoms with Gasteiger partial charge in [0.15, 0.2) is 0 Å². The average Bonchev–Trinajstić information content (AvgIpc) is 3.21. The molecule has 0 radical (unpaired) electrons. The zero-order chi connectivity index (χ0) is 16.7. The van der Waals surface area contributed by atoms with Crippen molar-refractivity contribution in [1.29, 1.82) is 0 Å². The molecule has 7 heteroatoms. The van der Waals surface area contributed by atoms with Crippen molar-refractivity contribution in [2.45, 2.75) is 25.0 Å². The molecular formula is C17H15BrFN3OS. The highest BCUT2D eigenvalue weighted by Gasteiger charge is 2.40. The third kappa shape index (κ3) is 2.87. The van der Waals surface area contributed by atoms with Crippen LogP contribution in [0.2, 0.25) is 0 Å². The Bertz CT molecular complexity index is 795. The van der Waals surface area contributed by atoms with E-state index in [0.717, 1.165) is 0 Å². The van der Waals surface area contributed by atoms with Crippen molar-refractivity contribution < 1.29 is 9.18 Å². The lowest BCUT2D eigenvalue weighted by atomic mass is 10.1. The number of nitrogens with one attached hydrogen (secondary N) is 1. The smallest absolute Gasteiger partial charge is 0.251 e. The van der Waals surface area contributed by atoms with E-state index in [0.29, 0.717) is 16.5 Å². The molecule has 1 N–H and O–H groups in total. The highest BCUT2D eigenvalue weighted by atomic mass is 79.9. The number of fused-ring (bicyclic) bond motifs is 1. The van der Waals surface area contributed by atoms with Gasteiger partial charge in [-0.25, -0.2) is 9.82 Å². The van der Waals surface area contributed by atoms with E-state index in [1.165, 1.54) is 10.9 Å². The van der Waals surface area contributed by atoms with Gasteiger partial charge in [0.25, 0.3) is 5.91 Å². The fraction of sp³-hybridized carbons (Fsp3) is 0.235. The second kappa shape index (κ2) is 6.31. The number of hydrogen-bond acceptors (Lipinski definition) is 4. The van der Waals surface area contributed by atoms with Gasteiger partial charge in [-0.1, -0.05) is 28.1 Å². The van der Waals surface area contributed by atoms with Crippen LogP contribution in [0.3, 0.4) is 0 Å². The molecule has 1 amide bonds. The van der Waals surface area contributed by atoms with Crippen LogP contribution < -0.4 is 5.43 Å². The number of benzene rings is 1.